The molecular weight excluding hydrogens is 377 g/mol. The second-order valence-electron chi connectivity index (χ2n) is 6.04. The molecule has 21 heavy (non-hydrogen) atoms. The first-order valence-corrected chi connectivity index (χ1v) is 9.30. The van der Waals surface area contributed by atoms with E-state index in [0.717, 1.165) is 44.1 Å². The van der Waals surface area contributed by atoms with Crippen molar-refractivity contribution in [1.82, 2.24) is 9.97 Å². The van der Waals surface area contributed by atoms with Crippen LogP contribution in [0.3, 0.4) is 0 Å². The normalized spacial score (nSPS) is 22.9. The van der Waals surface area contributed by atoms with Crippen LogP contribution in [0, 0.1) is 3.57 Å². The number of hydrogen-bond acceptors (Lipinski definition) is 4. The fraction of sp³-hybridized carbons (Fsp3) is 0.750. The minimum absolute atomic E-state index is 0.101. The molecule has 1 aromatic heterocycles. The molecule has 1 unspecified atom stereocenters. The van der Waals surface area contributed by atoms with E-state index < -0.39 is 0 Å². The molecule has 2 aliphatic rings. The fourth-order valence-electron chi connectivity index (χ4n) is 3.24. The average molecular weight is 401 g/mol. The quantitative estimate of drug-likeness (QED) is 0.743. The molecule has 0 spiro atoms. The van der Waals surface area contributed by atoms with Gasteiger partial charge >= 0.3 is 0 Å². The Labute approximate surface area is 140 Å². The lowest BCUT2D eigenvalue weighted by atomic mass is 10.0. The summed E-state index contributed by atoms with van der Waals surface area (Å²) in [5.74, 6) is 2.52. The van der Waals surface area contributed by atoms with E-state index in [9.17, 15) is 0 Å². The molecule has 0 bridgehead atoms. The molecule has 0 aromatic carbocycles. The van der Waals surface area contributed by atoms with Gasteiger partial charge in [0.05, 0.1) is 9.26 Å². The maximum Gasteiger partial charge on any atom is 0.159 e. The van der Waals surface area contributed by atoms with Crippen LogP contribution in [0.4, 0.5) is 5.82 Å². The molecule has 1 saturated heterocycles. The summed E-state index contributed by atoms with van der Waals surface area (Å²) in [7, 11) is 0. The predicted molar refractivity (Wildman–Crippen MR) is 92.7 cm³/mol. The van der Waals surface area contributed by atoms with Gasteiger partial charge in [0.1, 0.15) is 11.9 Å². The number of hydrogen-bond donors (Lipinski definition) is 1. The van der Waals surface area contributed by atoms with E-state index in [4.69, 9.17) is 14.7 Å². The number of aromatic nitrogens is 2. The van der Waals surface area contributed by atoms with Crippen molar-refractivity contribution in [2.75, 3.05) is 18.5 Å². The SMILES string of the molecule is CCCNc1nc(C2CCCO2)nc(C2CCCC2)c1I. The molecule has 1 atom stereocenters. The van der Waals surface area contributed by atoms with E-state index in [1.165, 1.54) is 34.9 Å². The fourth-order valence-corrected chi connectivity index (χ4v) is 4.11. The summed E-state index contributed by atoms with van der Waals surface area (Å²) in [4.78, 5) is 9.69. The van der Waals surface area contributed by atoms with Gasteiger partial charge in [0.25, 0.3) is 0 Å². The van der Waals surface area contributed by atoms with Gasteiger partial charge in [0.15, 0.2) is 5.82 Å². The summed E-state index contributed by atoms with van der Waals surface area (Å²) in [5.41, 5.74) is 1.26. The monoisotopic (exact) mass is 401 g/mol. The molecule has 0 amide bonds. The van der Waals surface area contributed by atoms with E-state index in [0.29, 0.717) is 5.92 Å². The largest absolute Gasteiger partial charge is 0.370 e. The van der Waals surface area contributed by atoms with Crippen LogP contribution in [0.1, 0.15) is 75.4 Å². The van der Waals surface area contributed by atoms with Crippen molar-refractivity contribution >= 4 is 28.4 Å². The van der Waals surface area contributed by atoms with E-state index in [-0.39, 0.29) is 6.10 Å². The summed E-state index contributed by atoms with van der Waals surface area (Å²) < 4.78 is 7.02. The van der Waals surface area contributed by atoms with Gasteiger partial charge in [0, 0.05) is 19.1 Å². The van der Waals surface area contributed by atoms with Crippen LogP contribution < -0.4 is 5.32 Å². The smallest absolute Gasteiger partial charge is 0.159 e. The summed E-state index contributed by atoms with van der Waals surface area (Å²) in [6.45, 7) is 3.98. The Bertz CT molecular complexity index is 483. The van der Waals surface area contributed by atoms with Crippen LogP contribution >= 0.6 is 22.6 Å². The molecular formula is C16H24IN3O. The number of nitrogens with one attached hydrogen (secondary N) is 1. The maximum absolute atomic E-state index is 5.80. The van der Waals surface area contributed by atoms with Gasteiger partial charge in [-0.25, -0.2) is 9.97 Å². The Hall–Kier alpha value is -0.430. The zero-order valence-electron chi connectivity index (χ0n) is 12.7. The zero-order valence-corrected chi connectivity index (χ0v) is 14.9. The van der Waals surface area contributed by atoms with Crippen molar-refractivity contribution in [2.45, 2.75) is 63.9 Å². The molecule has 2 fully saturated rings. The third kappa shape index (κ3) is 3.50. The maximum atomic E-state index is 5.80. The predicted octanol–water partition coefficient (Wildman–Crippen LogP) is 4.41. The van der Waals surface area contributed by atoms with Crippen LogP contribution in [-0.2, 0) is 4.74 Å². The van der Waals surface area contributed by atoms with E-state index in [1.54, 1.807) is 0 Å². The van der Waals surface area contributed by atoms with Gasteiger partial charge < -0.3 is 10.1 Å². The van der Waals surface area contributed by atoms with E-state index in [1.807, 2.05) is 0 Å². The average Bonchev–Trinajstić information content (AvgIpc) is 3.19. The highest BCUT2D eigenvalue weighted by Crippen LogP contribution is 2.38. The lowest BCUT2D eigenvalue weighted by molar-refractivity contribution is 0.105. The third-order valence-electron chi connectivity index (χ3n) is 4.40. The summed E-state index contributed by atoms with van der Waals surface area (Å²) in [5, 5.41) is 3.48. The first-order valence-electron chi connectivity index (χ1n) is 8.22. The van der Waals surface area contributed by atoms with E-state index >= 15 is 0 Å². The standard InChI is InChI=1S/C16H24IN3O/c1-2-9-18-16-13(17)14(11-6-3-4-7-11)19-15(20-16)12-8-5-10-21-12/h11-12H,2-10H2,1H3,(H,18,19,20). The highest BCUT2D eigenvalue weighted by atomic mass is 127. The topological polar surface area (TPSA) is 47.0 Å². The van der Waals surface area contributed by atoms with Gasteiger partial charge in [-0.15, -0.1) is 0 Å². The molecule has 1 N–H and O–H groups in total. The molecule has 3 rings (SSSR count). The molecule has 0 radical (unpaired) electrons. The van der Waals surface area contributed by atoms with Crippen LogP contribution in [0.2, 0.25) is 0 Å². The van der Waals surface area contributed by atoms with Gasteiger partial charge in [-0.3, -0.25) is 0 Å². The Morgan fingerprint density at radius 2 is 2.00 bits per heavy atom. The molecule has 2 heterocycles. The van der Waals surface area contributed by atoms with Crippen molar-refractivity contribution in [2.24, 2.45) is 0 Å². The van der Waals surface area contributed by atoms with Crippen molar-refractivity contribution in [3.8, 4) is 0 Å². The number of nitrogens with zero attached hydrogens (tertiary/aromatic N) is 2. The Morgan fingerprint density at radius 1 is 1.19 bits per heavy atom. The second-order valence-corrected chi connectivity index (χ2v) is 7.12. The number of halogens is 1. The first-order chi connectivity index (χ1) is 10.3. The molecule has 5 heteroatoms. The summed E-state index contributed by atoms with van der Waals surface area (Å²) in [6.07, 6.45) is 8.58. The van der Waals surface area contributed by atoms with Crippen molar-refractivity contribution < 1.29 is 4.74 Å². The highest BCUT2D eigenvalue weighted by Gasteiger charge is 2.27. The lowest BCUT2D eigenvalue weighted by Crippen LogP contribution is -2.14. The zero-order chi connectivity index (χ0) is 14.7. The van der Waals surface area contributed by atoms with Crippen molar-refractivity contribution in [3.63, 3.8) is 0 Å². The van der Waals surface area contributed by atoms with Crippen LogP contribution in [-0.4, -0.2) is 23.1 Å². The number of ether oxygens (including phenoxy) is 1. The number of anilines is 1. The van der Waals surface area contributed by atoms with Crippen LogP contribution in [0.5, 0.6) is 0 Å². The molecule has 116 valence electrons. The van der Waals surface area contributed by atoms with Crippen LogP contribution in [0.25, 0.3) is 0 Å². The van der Waals surface area contributed by atoms with Gasteiger partial charge in [-0.1, -0.05) is 19.8 Å². The van der Waals surface area contributed by atoms with Gasteiger partial charge in [-0.05, 0) is 54.7 Å². The van der Waals surface area contributed by atoms with Crippen molar-refractivity contribution in [1.29, 1.82) is 0 Å². The summed E-state index contributed by atoms with van der Waals surface area (Å²) in [6, 6.07) is 0. The Morgan fingerprint density at radius 3 is 2.67 bits per heavy atom. The van der Waals surface area contributed by atoms with Crippen LogP contribution in [0.15, 0.2) is 0 Å². The molecule has 1 saturated carbocycles. The molecule has 1 aliphatic heterocycles. The molecule has 1 aromatic rings. The first kappa shape index (κ1) is 15.5. The second kappa shape index (κ2) is 7.22. The Balaban J connectivity index is 1.93. The minimum Gasteiger partial charge on any atom is -0.370 e. The third-order valence-corrected chi connectivity index (χ3v) is 5.46. The van der Waals surface area contributed by atoms with Gasteiger partial charge in [-0.2, -0.15) is 0 Å². The van der Waals surface area contributed by atoms with E-state index in [2.05, 4.69) is 34.8 Å². The van der Waals surface area contributed by atoms with Crippen molar-refractivity contribution in [3.05, 3.63) is 15.1 Å². The lowest BCUT2D eigenvalue weighted by Gasteiger charge is -2.18. The molecule has 4 nitrogen and oxygen atoms in total. The highest BCUT2D eigenvalue weighted by molar-refractivity contribution is 14.1. The number of rotatable bonds is 5. The Kier molecular flexibility index (Phi) is 5.32. The minimum atomic E-state index is 0.101. The van der Waals surface area contributed by atoms with Gasteiger partial charge in [0.2, 0.25) is 0 Å². The summed E-state index contributed by atoms with van der Waals surface area (Å²) >= 11 is 2.42. The molecule has 1 aliphatic carbocycles.